The lowest BCUT2D eigenvalue weighted by Gasteiger charge is -2.18. The van der Waals surface area contributed by atoms with Gasteiger partial charge in [-0.25, -0.2) is 0 Å². The van der Waals surface area contributed by atoms with E-state index in [9.17, 15) is 0 Å². The van der Waals surface area contributed by atoms with E-state index in [-0.39, 0.29) is 0 Å². The van der Waals surface area contributed by atoms with Crippen LogP contribution in [0.2, 0.25) is 0 Å². The van der Waals surface area contributed by atoms with E-state index in [1.807, 2.05) is 0 Å². The lowest BCUT2D eigenvalue weighted by molar-refractivity contribution is 0.312. The van der Waals surface area contributed by atoms with Crippen LogP contribution in [0.5, 0.6) is 5.75 Å². The van der Waals surface area contributed by atoms with Crippen LogP contribution in [-0.4, -0.2) is 11.4 Å². The molecule has 1 nitrogen and oxygen atoms in total. The van der Waals surface area contributed by atoms with Crippen molar-refractivity contribution < 1.29 is 4.74 Å². The van der Waals surface area contributed by atoms with Crippen molar-refractivity contribution >= 4 is 15.9 Å². The van der Waals surface area contributed by atoms with Crippen molar-refractivity contribution in [3.63, 3.8) is 0 Å². The first-order chi connectivity index (χ1) is 7.83. The molecule has 1 aliphatic carbocycles. The van der Waals surface area contributed by atoms with Gasteiger partial charge in [-0.2, -0.15) is 0 Å². The molecular weight excluding hydrogens is 264 g/mol. The Morgan fingerprint density at radius 2 is 2.12 bits per heavy atom. The van der Waals surface area contributed by atoms with E-state index >= 15 is 0 Å². The molecule has 1 aromatic carbocycles. The molecule has 2 atom stereocenters. The number of hydrogen-bond donors (Lipinski definition) is 0. The van der Waals surface area contributed by atoms with E-state index in [0.717, 1.165) is 18.8 Å². The molecule has 88 valence electrons. The highest BCUT2D eigenvalue weighted by Crippen LogP contribution is 2.42. The third kappa shape index (κ3) is 2.60. The molecule has 0 aliphatic heterocycles. The van der Waals surface area contributed by atoms with Crippen molar-refractivity contribution in [2.45, 2.75) is 43.4 Å². The second-order valence-corrected chi connectivity index (χ2v) is 5.62. The second kappa shape index (κ2) is 5.72. The summed E-state index contributed by atoms with van der Waals surface area (Å²) in [6.45, 7) is 2.96. The van der Waals surface area contributed by atoms with Crippen molar-refractivity contribution in [3.05, 3.63) is 29.8 Å². The van der Waals surface area contributed by atoms with Gasteiger partial charge in [0.25, 0.3) is 0 Å². The van der Waals surface area contributed by atoms with Crippen molar-refractivity contribution in [3.8, 4) is 5.75 Å². The third-order valence-electron chi connectivity index (χ3n) is 3.21. The van der Waals surface area contributed by atoms with Crippen LogP contribution in [0.4, 0.5) is 0 Å². The Bertz CT molecular complexity index is 337. The van der Waals surface area contributed by atoms with E-state index in [1.165, 1.54) is 24.8 Å². The smallest absolute Gasteiger partial charge is 0.122 e. The van der Waals surface area contributed by atoms with Gasteiger partial charge >= 0.3 is 0 Å². The van der Waals surface area contributed by atoms with Crippen molar-refractivity contribution in [1.29, 1.82) is 0 Å². The predicted octanol–water partition coefficient (Wildman–Crippen LogP) is 4.51. The van der Waals surface area contributed by atoms with Crippen molar-refractivity contribution in [1.82, 2.24) is 0 Å². The maximum atomic E-state index is 5.83. The Balaban J connectivity index is 2.18. The minimum absolute atomic E-state index is 0.624. The number of rotatable bonds is 4. The zero-order valence-electron chi connectivity index (χ0n) is 9.79. The van der Waals surface area contributed by atoms with Gasteiger partial charge in [0.15, 0.2) is 0 Å². The summed E-state index contributed by atoms with van der Waals surface area (Å²) in [5.41, 5.74) is 1.38. The van der Waals surface area contributed by atoms with Gasteiger partial charge in [0, 0.05) is 10.7 Å². The Morgan fingerprint density at radius 1 is 1.31 bits per heavy atom. The number of halogens is 1. The van der Waals surface area contributed by atoms with Crippen LogP contribution in [0.25, 0.3) is 0 Å². The zero-order valence-corrected chi connectivity index (χ0v) is 11.4. The van der Waals surface area contributed by atoms with Gasteiger partial charge < -0.3 is 4.74 Å². The fraction of sp³-hybridized carbons (Fsp3) is 0.571. The van der Waals surface area contributed by atoms with Crippen molar-refractivity contribution in [2.24, 2.45) is 0 Å². The molecule has 0 heterocycles. The summed E-state index contributed by atoms with van der Waals surface area (Å²) in [5, 5.41) is 0. The average Bonchev–Trinajstić information content (AvgIpc) is 2.73. The number of benzene rings is 1. The van der Waals surface area contributed by atoms with Gasteiger partial charge in [-0.3, -0.25) is 0 Å². The summed E-state index contributed by atoms with van der Waals surface area (Å²) >= 11 is 3.79. The third-order valence-corrected chi connectivity index (χ3v) is 4.31. The van der Waals surface area contributed by atoms with Crippen LogP contribution < -0.4 is 4.74 Å². The number of alkyl halides is 1. The molecule has 2 heteroatoms. The second-order valence-electron chi connectivity index (χ2n) is 4.44. The van der Waals surface area contributed by atoms with E-state index in [1.54, 1.807) is 0 Å². The van der Waals surface area contributed by atoms with Crippen LogP contribution in [0.3, 0.4) is 0 Å². The molecule has 0 N–H and O–H groups in total. The van der Waals surface area contributed by atoms with Gasteiger partial charge in [0.1, 0.15) is 5.75 Å². The summed E-state index contributed by atoms with van der Waals surface area (Å²) in [6, 6.07) is 8.50. The van der Waals surface area contributed by atoms with Gasteiger partial charge in [-0.15, -0.1) is 0 Å². The van der Waals surface area contributed by atoms with E-state index in [0.29, 0.717) is 10.7 Å². The maximum Gasteiger partial charge on any atom is 0.122 e. The molecule has 0 saturated heterocycles. The maximum absolute atomic E-state index is 5.83. The number of hydrogen-bond acceptors (Lipinski definition) is 1. The molecule has 1 fully saturated rings. The first kappa shape index (κ1) is 12.0. The normalized spacial score (nSPS) is 24.6. The summed E-state index contributed by atoms with van der Waals surface area (Å²) in [6.07, 6.45) is 4.95. The fourth-order valence-electron chi connectivity index (χ4n) is 2.40. The largest absolute Gasteiger partial charge is 0.493 e. The topological polar surface area (TPSA) is 9.23 Å². The summed E-state index contributed by atoms with van der Waals surface area (Å²) in [4.78, 5) is 0.624. The van der Waals surface area contributed by atoms with Gasteiger partial charge in [-0.05, 0) is 30.9 Å². The number of ether oxygens (including phenoxy) is 1. The molecule has 1 saturated carbocycles. The first-order valence-corrected chi connectivity index (χ1v) is 7.10. The standard InChI is InChI=1S/C14H19BrO/c1-2-10-16-14-9-4-3-6-12(14)11-7-5-8-13(11)15/h3-4,6,9,11,13H,2,5,7-8,10H2,1H3. The van der Waals surface area contributed by atoms with Crippen LogP contribution in [-0.2, 0) is 0 Å². The van der Waals surface area contributed by atoms with Gasteiger partial charge in [0.2, 0.25) is 0 Å². The number of para-hydroxylation sites is 1. The monoisotopic (exact) mass is 282 g/mol. The fourth-order valence-corrected chi connectivity index (χ4v) is 3.27. The highest BCUT2D eigenvalue weighted by atomic mass is 79.9. The molecule has 2 rings (SSSR count). The van der Waals surface area contributed by atoms with Crippen LogP contribution in [0.1, 0.15) is 44.1 Å². The highest BCUT2D eigenvalue weighted by molar-refractivity contribution is 9.09. The first-order valence-electron chi connectivity index (χ1n) is 6.18. The van der Waals surface area contributed by atoms with E-state index in [2.05, 4.69) is 47.1 Å². The summed E-state index contributed by atoms with van der Waals surface area (Å²) in [7, 11) is 0. The SMILES string of the molecule is CCCOc1ccccc1C1CCCC1Br. The van der Waals surface area contributed by atoms with Crippen LogP contribution in [0, 0.1) is 0 Å². The van der Waals surface area contributed by atoms with Crippen LogP contribution in [0.15, 0.2) is 24.3 Å². The molecule has 16 heavy (non-hydrogen) atoms. The highest BCUT2D eigenvalue weighted by Gasteiger charge is 2.28. The molecule has 0 aromatic heterocycles. The molecule has 0 spiro atoms. The van der Waals surface area contributed by atoms with Crippen LogP contribution >= 0.6 is 15.9 Å². The molecular formula is C14H19BrO. The molecule has 1 aliphatic rings. The van der Waals surface area contributed by atoms with Gasteiger partial charge in [-0.1, -0.05) is 47.5 Å². The molecule has 2 unspecified atom stereocenters. The summed E-state index contributed by atoms with van der Waals surface area (Å²) in [5.74, 6) is 1.72. The van der Waals surface area contributed by atoms with E-state index < -0.39 is 0 Å². The molecule has 0 radical (unpaired) electrons. The Morgan fingerprint density at radius 3 is 2.81 bits per heavy atom. The van der Waals surface area contributed by atoms with E-state index in [4.69, 9.17) is 4.74 Å². The van der Waals surface area contributed by atoms with Gasteiger partial charge in [0.05, 0.1) is 6.61 Å². The van der Waals surface area contributed by atoms with Crippen molar-refractivity contribution in [2.75, 3.05) is 6.61 Å². The zero-order chi connectivity index (χ0) is 11.4. The minimum Gasteiger partial charge on any atom is -0.493 e. The Kier molecular flexibility index (Phi) is 4.28. The predicted molar refractivity (Wildman–Crippen MR) is 71.5 cm³/mol. The molecule has 0 amide bonds. The quantitative estimate of drug-likeness (QED) is 0.739. The lowest BCUT2D eigenvalue weighted by atomic mass is 9.97. The molecule has 1 aromatic rings. The minimum atomic E-state index is 0.624. The lowest BCUT2D eigenvalue weighted by Crippen LogP contribution is -2.07. The average molecular weight is 283 g/mol. The Labute approximate surface area is 106 Å². The Hall–Kier alpha value is -0.500. The molecule has 0 bridgehead atoms. The summed E-state index contributed by atoms with van der Waals surface area (Å²) < 4.78 is 5.83.